The molecule has 1 N–H and O–H groups in total. The molecule has 0 unspecified atom stereocenters. The molecule has 0 aliphatic heterocycles. The van der Waals surface area contributed by atoms with Gasteiger partial charge >= 0.3 is 0 Å². The number of rotatable bonds is 10. The molecule has 0 saturated heterocycles. The van der Waals surface area contributed by atoms with E-state index in [0.717, 1.165) is 22.3 Å². The first kappa shape index (κ1) is 24.9. The molecule has 0 bridgehead atoms. The normalized spacial score (nSPS) is 11.5. The van der Waals surface area contributed by atoms with Crippen LogP contribution in [0, 0.1) is 6.92 Å². The molecule has 4 nitrogen and oxygen atoms in total. The van der Waals surface area contributed by atoms with Gasteiger partial charge < -0.3 is 10.2 Å². The third-order valence-corrected chi connectivity index (χ3v) is 6.25. The van der Waals surface area contributed by atoms with Gasteiger partial charge in [0.25, 0.3) is 0 Å². The average Bonchev–Trinajstić information content (AvgIpc) is 2.92. The van der Waals surface area contributed by atoms with Gasteiger partial charge in [-0.1, -0.05) is 121 Å². The Morgan fingerprint density at radius 1 is 0.667 bits per heavy atom. The Morgan fingerprint density at radius 2 is 1.19 bits per heavy atom. The minimum atomic E-state index is -0.644. The van der Waals surface area contributed by atoms with Crippen molar-refractivity contribution in [2.24, 2.45) is 0 Å². The van der Waals surface area contributed by atoms with E-state index in [1.165, 1.54) is 5.56 Å². The lowest BCUT2D eigenvalue weighted by molar-refractivity contribution is -0.140. The summed E-state index contributed by atoms with van der Waals surface area (Å²) in [5, 5.41) is 3.09. The number of carbonyl (C=O) groups excluding carboxylic acids is 2. The number of nitrogens with zero attached hydrogens (tertiary/aromatic N) is 1. The molecule has 182 valence electrons. The Labute approximate surface area is 213 Å². The van der Waals surface area contributed by atoms with Crippen LogP contribution in [0.15, 0.2) is 115 Å². The van der Waals surface area contributed by atoms with Crippen LogP contribution in [0.1, 0.15) is 27.8 Å². The van der Waals surface area contributed by atoms with Crippen LogP contribution in [0.3, 0.4) is 0 Å². The Hall–Kier alpha value is -4.18. The van der Waals surface area contributed by atoms with Crippen LogP contribution in [0.2, 0.25) is 0 Å². The highest BCUT2D eigenvalue weighted by atomic mass is 16.2. The van der Waals surface area contributed by atoms with E-state index in [1.54, 1.807) is 4.90 Å². The van der Waals surface area contributed by atoms with Gasteiger partial charge in [0.15, 0.2) is 0 Å². The second-order valence-corrected chi connectivity index (χ2v) is 9.08. The summed E-state index contributed by atoms with van der Waals surface area (Å²) in [5.74, 6) is -0.228. The highest BCUT2D eigenvalue weighted by molar-refractivity contribution is 5.88. The quantitative estimate of drug-likeness (QED) is 0.329. The van der Waals surface area contributed by atoms with Crippen molar-refractivity contribution in [2.75, 3.05) is 0 Å². The molecule has 2 amide bonds. The molecule has 4 aromatic rings. The second kappa shape index (κ2) is 12.5. The fourth-order valence-electron chi connectivity index (χ4n) is 4.22. The Bertz CT molecular complexity index is 1240. The molecule has 4 heteroatoms. The van der Waals surface area contributed by atoms with E-state index in [2.05, 4.69) is 5.32 Å². The number of aryl methyl sites for hydroxylation is 1. The van der Waals surface area contributed by atoms with Crippen LogP contribution in [-0.4, -0.2) is 22.8 Å². The van der Waals surface area contributed by atoms with Gasteiger partial charge in [-0.15, -0.1) is 0 Å². The lowest BCUT2D eigenvalue weighted by Crippen LogP contribution is -2.50. The predicted molar refractivity (Wildman–Crippen MR) is 144 cm³/mol. The SMILES string of the molecule is Cc1ccc(CNC(=O)[C@H](Cc2ccccc2)N(Cc2ccccc2)C(=O)Cc2ccccc2)cc1. The van der Waals surface area contributed by atoms with Crippen molar-refractivity contribution >= 4 is 11.8 Å². The monoisotopic (exact) mass is 476 g/mol. The molecule has 1 atom stereocenters. The molecule has 0 aliphatic carbocycles. The summed E-state index contributed by atoms with van der Waals surface area (Å²) in [5.41, 5.74) is 5.13. The summed E-state index contributed by atoms with van der Waals surface area (Å²) in [6, 6.07) is 36.9. The molecule has 4 rings (SSSR count). The van der Waals surface area contributed by atoms with Crippen molar-refractivity contribution in [3.05, 3.63) is 143 Å². The maximum atomic E-state index is 13.7. The first-order chi connectivity index (χ1) is 17.6. The number of carbonyl (C=O) groups is 2. The van der Waals surface area contributed by atoms with Crippen molar-refractivity contribution in [3.8, 4) is 0 Å². The minimum absolute atomic E-state index is 0.0727. The topological polar surface area (TPSA) is 49.4 Å². The van der Waals surface area contributed by atoms with Crippen LogP contribution < -0.4 is 5.32 Å². The zero-order valence-electron chi connectivity index (χ0n) is 20.6. The van der Waals surface area contributed by atoms with Crippen LogP contribution in [-0.2, 0) is 35.5 Å². The third kappa shape index (κ3) is 7.16. The molecular formula is C32H32N2O2. The van der Waals surface area contributed by atoms with Crippen molar-refractivity contribution in [3.63, 3.8) is 0 Å². The van der Waals surface area contributed by atoms with Gasteiger partial charge in [-0.05, 0) is 29.2 Å². The van der Waals surface area contributed by atoms with Crippen molar-refractivity contribution in [1.29, 1.82) is 0 Å². The van der Waals surface area contributed by atoms with Gasteiger partial charge in [-0.25, -0.2) is 0 Å². The second-order valence-electron chi connectivity index (χ2n) is 9.08. The molecule has 0 aromatic heterocycles. The Kier molecular flexibility index (Phi) is 8.66. The largest absolute Gasteiger partial charge is 0.350 e. The molecule has 0 fully saturated rings. The summed E-state index contributed by atoms with van der Waals surface area (Å²) in [4.78, 5) is 29.1. The fourth-order valence-corrected chi connectivity index (χ4v) is 4.22. The molecule has 4 aromatic carbocycles. The smallest absolute Gasteiger partial charge is 0.243 e. The first-order valence-electron chi connectivity index (χ1n) is 12.3. The standard InChI is InChI=1S/C32H32N2O2/c1-25-17-19-28(20-18-25)23-33-32(36)30(21-26-11-5-2-6-12-26)34(24-29-15-9-4-10-16-29)31(35)22-27-13-7-3-8-14-27/h2-20,30H,21-24H2,1H3,(H,33,36)/t30-/m0/s1. The summed E-state index contributed by atoms with van der Waals surface area (Å²) in [6.07, 6.45) is 0.679. The zero-order chi connectivity index (χ0) is 25.2. The lowest BCUT2D eigenvalue weighted by atomic mass is 10.0. The highest BCUT2D eigenvalue weighted by Crippen LogP contribution is 2.17. The third-order valence-electron chi connectivity index (χ3n) is 6.25. The van der Waals surface area contributed by atoms with Gasteiger partial charge in [-0.3, -0.25) is 9.59 Å². The van der Waals surface area contributed by atoms with E-state index in [9.17, 15) is 9.59 Å². The number of amides is 2. The summed E-state index contributed by atoms with van der Waals surface area (Å²) >= 11 is 0. The molecule has 0 spiro atoms. The number of hydrogen-bond acceptors (Lipinski definition) is 2. The molecule has 0 radical (unpaired) electrons. The number of hydrogen-bond donors (Lipinski definition) is 1. The molecule has 36 heavy (non-hydrogen) atoms. The molecule has 0 heterocycles. The fraction of sp³-hybridized carbons (Fsp3) is 0.188. The van der Waals surface area contributed by atoms with E-state index in [4.69, 9.17) is 0 Å². The average molecular weight is 477 g/mol. The summed E-state index contributed by atoms with van der Waals surface area (Å²) < 4.78 is 0. The van der Waals surface area contributed by atoms with E-state index in [1.807, 2.05) is 122 Å². The Balaban J connectivity index is 1.62. The van der Waals surface area contributed by atoms with E-state index in [-0.39, 0.29) is 18.2 Å². The van der Waals surface area contributed by atoms with Crippen molar-refractivity contribution in [2.45, 2.75) is 38.9 Å². The molecule has 0 saturated carbocycles. The first-order valence-corrected chi connectivity index (χ1v) is 12.3. The van der Waals surface area contributed by atoms with E-state index >= 15 is 0 Å². The van der Waals surface area contributed by atoms with Gasteiger partial charge in [0.05, 0.1) is 6.42 Å². The Morgan fingerprint density at radius 3 is 1.78 bits per heavy atom. The van der Waals surface area contributed by atoms with E-state index in [0.29, 0.717) is 19.5 Å². The maximum absolute atomic E-state index is 13.7. The van der Waals surface area contributed by atoms with Crippen LogP contribution >= 0.6 is 0 Å². The lowest BCUT2D eigenvalue weighted by Gasteiger charge is -2.31. The van der Waals surface area contributed by atoms with Crippen molar-refractivity contribution < 1.29 is 9.59 Å². The molecule has 0 aliphatic rings. The minimum Gasteiger partial charge on any atom is -0.350 e. The van der Waals surface area contributed by atoms with E-state index < -0.39 is 6.04 Å². The van der Waals surface area contributed by atoms with Gasteiger partial charge in [0, 0.05) is 19.5 Å². The van der Waals surface area contributed by atoms with Gasteiger partial charge in [0.1, 0.15) is 6.04 Å². The number of benzene rings is 4. The predicted octanol–water partition coefficient (Wildman–Crippen LogP) is 5.49. The van der Waals surface area contributed by atoms with Gasteiger partial charge in [0.2, 0.25) is 11.8 Å². The molecular weight excluding hydrogens is 444 g/mol. The maximum Gasteiger partial charge on any atom is 0.243 e. The summed E-state index contributed by atoms with van der Waals surface area (Å²) in [6.45, 7) is 2.82. The van der Waals surface area contributed by atoms with Crippen LogP contribution in [0.4, 0.5) is 0 Å². The van der Waals surface area contributed by atoms with Gasteiger partial charge in [-0.2, -0.15) is 0 Å². The highest BCUT2D eigenvalue weighted by Gasteiger charge is 2.30. The number of nitrogens with one attached hydrogen (secondary N) is 1. The van der Waals surface area contributed by atoms with Crippen LogP contribution in [0.25, 0.3) is 0 Å². The van der Waals surface area contributed by atoms with Crippen molar-refractivity contribution in [1.82, 2.24) is 10.2 Å². The van der Waals surface area contributed by atoms with Crippen LogP contribution in [0.5, 0.6) is 0 Å². The summed E-state index contributed by atoms with van der Waals surface area (Å²) in [7, 11) is 0. The zero-order valence-corrected chi connectivity index (χ0v) is 20.6.